The number of rotatable bonds is 5. The highest BCUT2D eigenvalue weighted by atomic mass is 16.6. The van der Waals surface area contributed by atoms with E-state index in [1.807, 2.05) is 12.1 Å². The first kappa shape index (κ1) is 21.4. The van der Waals surface area contributed by atoms with E-state index in [1.165, 1.54) is 36.4 Å². The van der Waals surface area contributed by atoms with E-state index in [1.54, 1.807) is 25.3 Å². The molecule has 0 radical (unpaired) electrons. The predicted molar refractivity (Wildman–Crippen MR) is 117 cm³/mol. The van der Waals surface area contributed by atoms with Crippen LogP contribution in [0.5, 0.6) is 17.2 Å². The van der Waals surface area contributed by atoms with Gasteiger partial charge in [-0.25, -0.2) is 4.79 Å². The van der Waals surface area contributed by atoms with Crippen LogP contribution in [0.15, 0.2) is 78.2 Å². The Bertz CT molecular complexity index is 1320. The van der Waals surface area contributed by atoms with Crippen molar-refractivity contribution in [3.05, 3.63) is 105 Å². The molecular formula is C24H17N3O6. The summed E-state index contributed by atoms with van der Waals surface area (Å²) in [6.45, 7) is 0. The molecule has 1 heterocycles. The van der Waals surface area contributed by atoms with Gasteiger partial charge in [0.1, 0.15) is 34.5 Å². The summed E-state index contributed by atoms with van der Waals surface area (Å²) in [5.41, 5.74) is 7.17. The van der Waals surface area contributed by atoms with Gasteiger partial charge in [-0.15, -0.1) is 0 Å². The number of methoxy groups -OCH3 is 1. The molecular weight excluding hydrogens is 426 g/mol. The van der Waals surface area contributed by atoms with Gasteiger partial charge in [0.05, 0.1) is 18.0 Å². The third kappa shape index (κ3) is 4.05. The number of esters is 1. The summed E-state index contributed by atoms with van der Waals surface area (Å²) in [4.78, 5) is 23.1. The van der Waals surface area contributed by atoms with Crippen molar-refractivity contribution >= 4 is 11.7 Å². The number of carbonyl (C=O) groups excluding carboxylic acids is 1. The van der Waals surface area contributed by atoms with E-state index in [4.69, 9.17) is 19.9 Å². The van der Waals surface area contributed by atoms with Crippen LogP contribution in [-0.2, 0) is 0 Å². The van der Waals surface area contributed by atoms with Crippen LogP contribution in [0, 0.1) is 21.4 Å². The monoisotopic (exact) mass is 443 g/mol. The molecule has 33 heavy (non-hydrogen) atoms. The van der Waals surface area contributed by atoms with Crippen molar-refractivity contribution < 1.29 is 23.9 Å². The molecule has 9 heteroatoms. The van der Waals surface area contributed by atoms with Crippen molar-refractivity contribution in [1.82, 2.24) is 0 Å². The second kappa shape index (κ2) is 8.72. The third-order valence-corrected chi connectivity index (χ3v) is 5.17. The Morgan fingerprint density at radius 2 is 1.82 bits per heavy atom. The molecule has 0 spiro atoms. The van der Waals surface area contributed by atoms with Gasteiger partial charge < -0.3 is 19.9 Å². The molecule has 0 aliphatic carbocycles. The first-order valence-electron chi connectivity index (χ1n) is 9.74. The number of nitro benzene ring substituents is 1. The van der Waals surface area contributed by atoms with Gasteiger partial charge >= 0.3 is 5.97 Å². The first-order valence-corrected chi connectivity index (χ1v) is 9.74. The molecule has 0 amide bonds. The first-order chi connectivity index (χ1) is 15.9. The Kier molecular flexibility index (Phi) is 5.66. The smallest absolute Gasteiger partial charge is 0.350 e. The fraction of sp³-hybridized carbons (Fsp3) is 0.0833. The van der Waals surface area contributed by atoms with Crippen LogP contribution >= 0.6 is 0 Å². The summed E-state index contributed by atoms with van der Waals surface area (Å²) in [5.74, 6) is -0.360. The highest BCUT2D eigenvalue weighted by molar-refractivity contribution is 5.95. The zero-order valence-electron chi connectivity index (χ0n) is 17.3. The van der Waals surface area contributed by atoms with Crippen LogP contribution in [0.1, 0.15) is 27.4 Å². The topological polar surface area (TPSA) is 138 Å². The van der Waals surface area contributed by atoms with E-state index < -0.39 is 16.8 Å². The number of nitrogens with two attached hydrogens (primary N) is 1. The molecule has 2 N–H and O–H groups in total. The Hall–Kier alpha value is -4.84. The lowest BCUT2D eigenvalue weighted by atomic mass is 9.83. The van der Waals surface area contributed by atoms with Crippen molar-refractivity contribution in [3.63, 3.8) is 0 Å². The average molecular weight is 443 g/mol. The fourth-order valence-electron chi connectivity index (χ4n) is 3.61. The van der Waals surface area contributed by atoms with Crippen molar-refractivity contribution in [2.24, 2.45) is 5.73 Å². The number of nitrogens with zero attached hydrogens (tertiary/aromatic N) is 2. The quantitative estimate of drug-likeness (QED) is 0.270. The number of nitro groups is 1. The lowest BCUT2D eigenvalue weighted by Gasteiger charge is -2.26. The molecule has 1 aliphatic rings. The molecule has 1 unspecified atom stereocenters. The molecule has 164 valence electrons. The van der Waals surface area contributed by atoms with Gasteiger partial charge in [-0.05, 0) is 29.8 Å². The van der Waals surface area contributed by atoms with Gasteiger partial charge in [-0.2, -0.15) is 5.26 Å². The van der Waals surface area contributed by atoms with E-state index in [0.717, 1.165) is 5.56 Å². The minimum Gasteiger partial charge on any atom is -0.497 e. The van der Waals surface area contributed by atoms with Crippen LogP contribution in [0.2, 0.25) is 0 Å². The molecule has 0 fully saturated rings. The van der Waals surface area contributed by atoms with Crippen LogP contribution in [0.25, 0.3) is 0 Å². The van der Waals surface area contributed by atoms with Crippen LogP contribution < -0.4 is 19.9 Å². The van der Waals surface area contributed by atoms with E-state index in [0.29, 0.717) is 17.1 Å². The van der Waals surface area contributed by atoms with Gasteiger partial charge in [-0.3, -0.25) is 10.1 Å². The average Bonchev–Trinajstić information content (AvgIpc) is 2.83. The highest BCUT2D eigenvalue weighted by Crippen LogP contribution is 2.43. The summed E-state index contributed by atoms with van der Waals surface area (Å²) < 4.78 is 16.2. The van der Waals surface area contributed by atoms with Gasteiger partial charge in [0.2, 0.25) is 5.88 Å². The number of benzene rings is 3. The van der Waals surface area contributed by atoms with Crippen molar-refractivity contribution in [2.75, 3.05) is 7.11 Å². The molecule has 1 atom stereocenters. The molecule has 0 saturated heterocycles. The number of nitriles is 1. The maximum atomic E-state index is 12.6. The molecule has 3 aromatic rings. The lowest BCUT2D eigenvalue weighted by Crippen LogP contribution is -2.21. The summed E-state index contributed by atoms with van der Waals surface area (Å²) in [7, 11) is 1.56. The van der Waals surface area contributed by atoms with E-state index in [-0.39, 0.29) is 28.5 Å². The number of fused-ring (bicyclic) bond motifs is 1. The lowest BCUT2D eigenvalue weighted by molar-refractivity contribution is -0.385. The number of carbonyl (C=O) groups is 1. The molecule has 3 aromatic carbocycles. The molecule has 1 aliphatic heterocycles. The van der Waals surface area contributed by atoms with E-state index in [9.17, 15) is 20.2 Å². The second-order valence-electron chi connectivity index (χ2n) is 7.06. The largest absolute Gasteiger partial charge is 0.497 e. The van der Waals surface area contributed by atoms with Gasteiger partial charge in [0.25, 0.3) is 5.69 Å². The van der Waals surface area contributed by atoms with Crippen molar-refractivity contribution in [3.8, 4) is 23.3 Å². The number of hydrogen-bond donors (Lipinski definition) is 1. The summed E-state index contributed by atoms with van der Waals surface area (Å²) in [5, 5.41) is 20.9. The zero-order valence-corrected chi connectivity index (χ0v) is 17.3. The van der Waals surface area contributed by atoms with Crippen molar-refractivity contribution in [2.45, 2.75) is 5.92 Å². The molecule has 0 aromatic heterocycles. The number of hydrogen-bond acceptors (Lipinski definition) is 8. The van der Waals surface area contributed by atoms with Crippen LogP contribution in [0.4, 0.5) is 5.69 Å². The predicted octanol–water partition coefficient (Wildman–Crippen LogP) is 4.04. The van der Waals surface area contributed by atoms with Crippen LogP contribution in [0.3, 0.4) is 0 Å². The zero-order chi connectivity index (χ0) is 23.5. The number of allylic oxidation sites excluding steroid dienone is 1. The fourth-order valence-corrected chi connectivity index (χ4v) is 3.61. The van der Waals surface area contributed by atoms with E-state index in [2.05, 4.69) is 6.07 Å². The standard InChI is InChI=1S/C24H17N3O6/c1-31-15-8-6-14(7-9-15)22-18-11-10-16(12-21(18)33-23(26)19(22)13-25)32-24(28)17-4-2-3-5-20(17)27(29)30/h2-12,22H,26H2,1H3. The van der Waals surface area contributed by atoms with Crippen LogP contribution in [-0.4, -0.2) is 18.0 Å². The summed E-state index contributed by atoms with van der Waals surface area (Å²) in [6, 6.07) is 19.5. The SMILES string of the molecule is COc1ccc(C2C(C#N)=C(N)Oc3cc(OC(=O)c4ccccc4[N+](=O)[O-])ccc32)cc1. The minimum atomic E-state index is -0.883. The number of para-hydroxylation sites is 1. The Morgan fingerprint density at radius 3 is 2.48 bits per heavy atom. The Labute approximate surface area is 188 Å². The third-order valence-electron chi connectivity index (χ3n) is 5.17. The number of ether oxygens (including phenoxy) is 3. The summed E-state index contributed by atoms with van der Waals surface area (Å²) in [6.07, 6.45) is 0. The second-order valence-corrected chi connectivity index (χ2v) is 7.06. The maximum Gasteiger partial charge on any atom is 0.350 e. The highest BCUT2D eigenvalue weighted by Gasteiger charge is 2.31. The molecule has 0 bridgehead atoms. The Morgan fingerprint density at radius 1 is 1.12 bits per heavy atom. The van der Waals surface area contributed by atoms with E-state index >= 15 is 0 Å². The normalized spacial score (nSPS) is 14.5. The molecule has 4 rings (SSSR count). The molecule has 0 saturated carbocycles. The van der Waals surface area contributed by atoms with Gasteiger partial charge in [0, 0.05) is 17.7 Å². The van der Waals surface area contributed by atoms with Gasteiger partial charge in [-0.1, -0.05) is 30.3 Å². The van der Waals surface area contributed by atoms with Gasteiger partial charge in [0.15, 0.2) is 0 Å². The molecule has 9 nitrogen and oxygen atoms in total. The van der Waals surface area contributed by atoms with Crippen molar-refractivity contribution in [1.29, 1.82) is 5.26 Å². The Balaban J connectivity index is 1.69. The summed E-state index contributed by atoms with van der Waals surface area (Å²) >= 11 is 0. The maximum absolute atomic E-state index is 12.6. The minimum absolute atomic E-state index is 0.0620.